The number of hydrogen-bond acceptors (Lipinski definition) is 4. The number of para-hydroxylation sites is 1. The van der Waals surface area contributed by atoms with Crippen LogP contribution >= 0.6 is 0 Å². The fourth-order valence-electron chi connectivity index (χ4n) is 2.03. The zero-order chi connectivity index (χ0) is 14.2. The molecule has 0 N–H and O–H groups in total. The van der Waals surface area contributed by atoms with Gasteiger partial charge in [-0.1, -0.05) is 36.8 Å². The summed E-state index contributed by atoms with van der Waals surface area (Å²) in [5.41, 5.74) is 1.37. The third-order valence-corrected chi connectivity index (χ3v) is 2.99. The van der Waals surface area contributed by atoms with Crippen molar-refractivity contribution in [3.8, 4) is 5.75 Å². The topological polar surface area (TPSA) is 57.0 Å². The first kappa shape index (κ1) is 14.2. The van der Waals surface area contributed by atoms with Gasteiger partial charge in [0.15, 0.2) is 6.29 Å². The fourth-order valence-corrected chi connectivity index (χ4v) is 2.03. The summed E-state index contributed by atoms with van der Waals surface area (Å²) < 4.78 is 7.44. The van der Waals surface area contributed by atoms with Crippen LogP contribution in [0.1, 0.15) is 35.9 Å². The van der Waals surface area contributed by atoms with Gasteiger partial charge in [-0.25, -0.2) is 4.68 Å². The molecule has 0 fully saturated rings. The molecular weight excluding hydrogens is 254 g/mol. The summed E-state index contributed by atoms with van der Waals surface area (Å²) in [5.74, 6) is 0.869. The Morgan fingerprint density at radius 2 is 2.10 bits per heavy atom. The van der Waals surface area contributed by atoms with Crippen LogP contribution in [0.5, 0.6) is 5.75 Å². The Bertz CT molecular complexity index is 537. The Balaban J connectivity index is 1.85. The van der Waals surface area contributed by atoms with Gasteiger partial charge in [-0.15, -0.1) is 5.10 Å². The molecule has 0 bridgehead atoms. The Labute approximate surface area is 118 Å². The first-order valence-electron chi connectivity index (χ1n) is 6.90. The zero-order valence-corrected chi connectivity index (χ0v) is 11.7. The lowest BCUT2D eigenvalue weighted by atomic mass is 10.2. The maximum Gasteiger partial charge on any atom is 0.172 e. The lowest BCUT2D eigenvalue weighted by Crippen LogP contribution is -2.09. The highest BCUT2D eigenvalue weighted by Gasteiger charge is 2.10. The van der Waals surface area contributed by atoms with E-state index >= 15 is 0 Å². The molecule has 0 atom stereocenters. The highest BCUT2D eigenvalue weighted by atomic mass is 16.5. The van der Waals surface area contributed by atoms with Crippen molar-refractivity contribution < 1.29 is 9.53 Å². The van der Waals surface area contributed by atoms with Crippen LogP contribution in [-0.4, -0.2) is 27.9 Å². The van der Waals surface area contributed by atoms with Crippen molar-refractivity contribution >= 4 is 6.29 Å². The minimum Gasteiger partial charge on any atom is -0.494 e. The van der Waals surface area contributed by atoms with Crippen LogP contribution in [0, 0.1) is 0 Å². The molecule has 0 aliphatic heterocycles. The molecule has 0 saturated carbocycles. The molecule has 0 amide bonds. The molecule has 5 nitrogen and oxygen atoms in total. The average molecular weight is 273 g/mol. The maximum atomic E-state index is 10.9. The van der Waals surface area contributed by atoms with E-state index in [1.54, 1.807) is 0 Å². The molecule has 2 rings (SSSR count). The van der Waals surface area contributed by atoms with E-state index in [-0.39, 0.29) is 0 Å². The van der Waals surface area contributed by atoms with Crippen molar-refractivity contribution in [1.29, 1.82) is 0 Å². The lowest BCUT2D eigenvalue weighted by molar-refractivity contribution is 0.111. The molecule has 106 valence electrons. The normalized spacial score (nSPS) is 10.4. The van der Waals surface area contributed by atoms with E-state index in [4.69, 9.17) is 4.74 Å². The number of aryl methyl sites for hydroxylation is 1. The van der Waals surface area contributed by atoms with Gasteiger partial charge in [0.25, 0.3) is 0 Å². The molecule has 2 aromatic rings. The van der Waals surface area contributed by atoms with E-state index in [2.05, 4.69) is 17.2 Å². The van der Waals surface area contributed by atoms with Gasteiger partial charge >= 0.3 is 0 Å². The third-order valence-electron chi connectivity index (χ3n) is 2.99. The quantitative estimate of drug-likeness (QED) is 0.548. The number of aromatic nitrogens is 3. The molecule has 0 radical (unpaired) electrons. The summed E-state index contributed by atoms with van der Waals surface area (Å²) in [5, 5.41) is 7.92. The summed E-state index contributed by atoms with van der Waals surface area (Å²) in [6.45, 7) is 3.40. The smallest absolute Gasteiger partial charge is 0.172 e. The van der Waals surface area contributed by atoms with Crippen molar-refractivity contribution in [3.63, 3.8) is 0 Å². The number of ether oxygens (including phenoxy) is 1. The van der Waals surface area contributed by atoms with Crippen LogP contribution < -0.4 is 4.74 Å². The predicted molar refractivity (Wildman–Crippen MR) is 76.0 cm³/mol. The van der Waals surface area contributed by atoms with E-state index in [1.165, 1.54) is 0 Å². The maximum absolute atomic E-state index is 10.9. The van der Waals surface area contributed by atoms with E-state index in [0.717, 1.165) is 37.0 Å². The van der Waals surface area contributed by atoms with E-state index < -0.39 is 0 Å². The zero-order valence-electron chi connectivity index (χ0n) is 11.7. The van der Waals surface area contributed by atoms with E-state index in [9.17, 15) is 4.79 Å². The van der Waals surface area contributed by atoms with Crippen LogP contribution in [-0.2, 0) is 13.0 Å². The number of benzene rings is 1. The van der Waals surface area contributed by atoms with Crippen LogP contribution in [0.15, 0.2) is 30.3 Å². The van der Waals surface area contributed by atoms with E-state index in [0.29, 0.717) is 18.8 Å². The molecule has 0 spiro atoms. The highest BCUT2D eigenvalue weighted by Crippen LogP contribution is 2.10. The minimum absolute atomic E-state index is 0.454. The molecule has 0 unspecified atom stereocenters. The van der Waals surface area contributed by atoms with Crippen LogP contribution in [0.25, 0.3) is 0 Å². The first-order chi connectivity index (χ1) is 9.85. The summed E-state index contributed by atoms with van der Waals surface area (Å²) in [4.78, 5) is 10.9. The van der Waals surface area contributed by atoms with Crippen LogP contribution in [0.3, 0.4) is 0 Å². The second kappa shape index (κ2) is 7.43. The molecule has 20 heavy (non-hydrogen) atoms. The van der Waals surface area contributed by atoms with Crippen molar-refractivity contribution in [2.75, 3.05) is 6.61 Å². The second-order valence-corrected chi connectivity index (χ2v) is 4.53. The van der Waals surface area contributed by atoms with Crippen LogP contribution in [0.4, 0.5) is 0 Å². The van der Waals surface area contributed by atoms with Gasteiger partial charge in [0.2, 0.25) is 0 Å². The van der Waals surface area contributed by atoms with Crippen molar-refractivity contribution in [3.05, 3.63) is 41.7 Å². The SMILES string of the molecule is CCCc1c(C=O)nnn1CCCOc1ccccc1. The third kappa shape index (κ3) is 3.66. The van der Waals surface area contributed by atoms with Crippen molar-refractivity contribution in [1.82, 2.24) is 15.0 Å². The summed E-state index contributed by atoms with van der Waals surface area (Å²) in [6, 6.07) is 9.72. The van der Waals surface area contributed by atoms with Crippen molar-refractivity contribution in [2.45, 2.75) is 32.7 Å². The summed E-state index contributed by atoms with van der Waals surface area (Å²) in [7, 11) is 0. The first-order valence-corrected chi connectivity index (χ1v) is 6.90. The number of aldehydes is 1. The van der Waals surface area contributed by atoms with E-state index in [1.807, 2.05) is 35.0 Å². The molecular formula is C15H19N3O2. The average Bonchev–Trinajstić information content (AvgIpc) is 2.87. The van der Waals surface area contributed by atoms with Gasteiger partial charge in [0.05, 0.1) is 12.3 Å². The van der Waals surface area contributed by atoms with Gasteiger partial charge < -0.3 is 4.74 Å². The molecule has 0 saturated heterocycles. The Morgan fingerprint density at radius 3 is 2.80 bits per heavy atom. The summed E-state index contributed by atoms with van der Waals surface area (Å²) >= 11 is 0. The van der Waals surface area contributed by atoms with Gasteiger partial charge in [-0.05, 0) is 18.6 Å². The Hall–Kier alpha value is -2.17. The van der Waals surface area contributed by atoms with Crippen molar-refractivity contribution in [2.24, 2.45) is 0 Å². The van der Waals surface area contributed by atoms with Gasteiger partial charge in [-0.2, -0.15) is 0 Å². The molecule has 1 aromatic heterocycles. The molecule has 0 aliphatic rings. The predicted octanol–water partition coefficient (Wildman–Crippen LogP) is 2.51. The monoisotopic (exact) mass is 273 g/mol. The molecule has 5 heteroatoms. The minimum atomic E-state index is 0.454. The molecule has 1 aromatic carbocycles. The molecule has 0 aliphatic carbocycles. The van der Waals surface area contributed by atoms with Crippen LogP contribution in [0.2, 0.25) is 0 Å². The van der Waals surface area contributed by atoms with Gasteiger partial charge in [0.1, 0.15) is 11.4 Å². The summed E-state index contributed by atoms with van der Waals surface area (Å²) in [6.07, 6.45) is 3.39. The number of rotatable bonds is 8. The number of carbonyl (C=O) groups is 1. The highest BCUT2D eigenvalue weighted by molar-refractivity contribution is 5.73. The Kier molecular flexibility index (Phi) is 5.29. The standard InChI is InChI=1S/C15H19N3O2/c1-2-7-15-14(12-19)16-17-18(15)10-6-11-20-13-8-4-3-5-9-13/h3-5,8-9,12H,2,6-7,10-11H2,1H3. The number of carbonyl (C=O) groups excluding carboxylic acids is 1. The number of hydrogen-bond donors (Lipinski definition) is 0. The van der Waals surface area contributed by atoms with Gasteiger partial charge in [0, 0.05) is 13.0 Å². The second-order valence-electron chi connectivity index (χ2n) is 4.53. The Morgan fingerprint density at radius 1 is 1.30 bits per heavy atom. The lowest BCUT2D eigenvalue weighted by Gasteiger charge is -2.07. The largest absolute Gasteiger partial charge is 0.494 e. The van der Waals surface area contributed by atoms with Gasteiger partial charge in [-0.3, -0.25) is 4.79 Å². The molecule has 1 heterocycles. The number of nitrogens with zero attached hydrogens (tertiary/aromatic N) is 3. The fraction of sp³-hybridized carbons (Fsp3) is 0.400.